The molecule has 1 aromatic carbocycles. The quantitative estimate of drug-likeness (QED) is 0.531. The predicted molar refractivity (Wildman–Crippen MR) is 77.3 cm³/mol. The summed E-state index contributed by atoms with van der Waals surface area (Å²) in [7, 11) is 0. The largest absolute Gasteiger partial charge is 0.433 e. The third kappa shape index (κ3) is 3.77. The fourth-order valence-electron chi connectivity index (χ4n) is 2.04. The van der Waals surface area contributed by atoms with Gasteiger partial charge < -0.3 is 10.6 Å². The second kappa shape index (κ2) is 5.86. The zero-order chi connectivity index (χ0) is 16.4. The number of aromatic nitrogens is 2. The Morgan fingerprint density at radius 3 is 2.43 bits per heavy atom. The monoisotopic (exact) mass is 322 g/mol. The second-order valence-corrected chi connectivity index (χ2v) is 5.18. The van der Waals surface area contributed by atoms with Gasteiger partial charge in [0.05, 0.1) is 11.9 Å². The minimum absolute atomic E-state index is 0.0598. The molecule has 1 fully saturated rings. The highest BCUT2D eigenvalue weighted by Crippen LogP contribution is 2.41. The Hall–Kier alpha value is -2.64. The average molecular weight is 322 g/mol. The summed E-state index contributed by atoms with van der Waals surface area (Å²) >= 11 is 0. The van der Waals surface area contributed by atoms with Gasteiger partial charge in [0.1, 0.15) is 5.75 Å². The van der Waals surface area contributed by atoms with E-state index in [1.807, 2.05) is 0 Å². The molecule has 0 unspecified atom stereocenters. The van der Waals surface area contributed by atoms with Crippen LogP contribution in [-0.4, -0.2) is 16.2 Å². The van der Waals surface area contributed by atoms with Crippen LogP contribution in [0.5, 0.6) is 11.8 Å². The molecule has 2 N–H and O–H groups in total. The van der Waals surface area contributed by atoms with Crippen molar-refractivity contribution in [3.8, 4) is 11.8 Å². The molecule has 23 heavy (non-hydrogen) atoms. The summed E-state index contributed by atoms with van der Waals surface area (Å²) in [5.41, 5.74) is 0.119. The highest BCUT2D eigenvalue weighted by molar-refractivity contribution is 5.79. The van der Waals surface area contributed by atoms with Crippen LogP contribution in [-0.2, 0) is 6.18 Å². The molecule has 0 atom stereocenters. The number of rotatable bonds is 4. The summed E-state index contributed by atoms with van der Waals surface area (Å²) in [5.74, 6) is 5.44. The van der Waals surface area contributed by atoms with Crippen molar-refractivity contribution in [1.29, 1.82) is 0 Å². The van der Waals surface area contributed by atoms with Crippen LogP contribution in [0.1, 0.15) is 35.7 Å². The number of hydrogen-bond acceptors (Lipinski definition) is 5. The normalized spacial score (nSPS) is 15.1. The molecule has 1 aliphatic carbocycles. The van der Waals surface area contributed by atoms with Crippen molar-refractivity contribution in [2.45, 2.75) is 24.9 Å². The number of alkyl halides is 3. The van der Waals surface area contributed by atoms with Crippen molar-refractivity contribution >= 4 is 6.21 Å². The topological polar surface area (TPSA) is 73.4 Å². The summed E-state index contributed by atoms with van der Waals surface area (Å²) in [4.78, 5) is 7.55. The summed E-state index contributed by atoms with van der Waals surface area (Å²) in [6, 6.07) is 7.18. The Bertz CT molecular complexity index is 724. The van der Waals surface area contributed by atoms with Crippen molar-refractivity contribution in [3.63, 3.8) is 0 Å². The van der Waals surface area contributed by atoms with Crippen molar-refractivity contribution in [3.05, 3.63) is 47.3 Å². The van der Waals surface area contributed by atoms with E-state index < -0.39 is 11.9 Å². The van der Waals surface area contributed by atoms with Gasteiger partial charge in [-0.2, -0.15) is 28.2 Å². The van der Waals surface area contributed by atoms with Crippen LogP contribution in [0.3, 0.4) is 0 Å². The summed E-state index contributed by atoms with van der Waals surface area (Å²) < 4.78 is 44.2. The van der Waals surface area contributed by atoms with Gasteiger partial charge in [0.25, 0.3) is 0 Å². The first-order valence-electron chi connectivity index (χ1n) is 6.93. The molecule has 0 aliphatic heterocycles. The number of nitrogens with two attached hydrogens (primary N) is 1. The van der Waals surface area contributed by atoms with Gasteiger partial charge in [0.15, 0.2) is 5.69 Å². The first kappa shape index (κ1) is 15.3. The fourth-order valence-corrected chi connectivity index (χ4v) is 2.04. The lowest BCUT2D eigenvalue weighted by Gasteiger charge is -2.10. The number of hydrogen-bond donors (Lipinski definition) is 1. The summed E-state index contributed by atoms with van der Waals surface area (Å²) in [6.45, 7) is 0. The van der Waals surface area contributed by atoms with Gasteiger partial charge in [-0.25, -0.2) is 0 Å². The van der Waals surface area contributed by atoms with Crippen LogP contribution in [0.2, 0.25) is 0 Å². The lowest BCUT2D eigenvalue weighted by molar-refractivity contribution is -0.141. The lowest BCUT2D eigenvalue weighted by Crippen LogP contribution is -2.11. The molecular formula is C15H13F3N4O. The number of benzene rings is 1. The third-order valence-corrected chi connectivity index (χ3v) is 3.32. The van der Waals surface area contributed by atoms with E-state index in [1.165, 1.54) is 6.21 Å². The zero-order valence-electron chi connectivity index (χ0n) is 11.9. The minimum Gasteiger partial charge on any atom is -0.424 e. The van der Waals surface area contributed by atoms with Crippen molar-refractivity contribution < 1.29 is 17.9 Å². The molecule has 1 heterocycles. The molecule has 1 aliphatic rings. The fraction of sp³-hybridized carbons (Fsp3) is 0.267. The smallest absolute Gasteiger partial charge is 0.424 e. The van der Waals surface area contributed by atoms with Crippen molar-refractivity contribution in [1.82, 2.24) is 9.97 Å². The molecule has 0 amide bonds. The number of nitrogens with zero attached hydrogens (tertiary/aromatic N) is 3. The number of hydrazone groups is 1. The summed E-state index contributed by atoms with van der Waals surface area (Å²) in [6.07, 6.45) is -1.43. The highest BCUT2D eigenvalue weighted by atomic mass is 19.4. The lowest BCUT2D eigenvalue weighted by atomic mass is 10.2. The Kier molecular flexibility index (Phi) is 3.89. The number of halogens is 3. The number of ether oxygens (including phenoxy) is 1. The molecule has 0 saturated heterocycles. The van der Waals surface area contributed by atoms with E-state index in [4.69, 9.17) is 10.6 Å². The van der Waals surface area contributed by atoms with Gasteiger partial charge in [-0.05, 0) is 48.7 Å². The average Bonchev–Trinajstić information content (AvgIpc) is 3.33. The van der Waals surface area contributed by atoms with Gasteiger partial charge >= 0.3 is 12.2 Å². The van der Waals surface area contributed by atoms with Crippen LogP contribution in [0, 0.1) is 0 Å². The zero-order valence-corrected chi connectivity index (χ0v) is 11.9. The van der Waals surface area contributed by atoms with Gasteiger partial charge in [0, 0.05) is 5.92 Å². The minimum atomic E-state index is -4.54. The molecule has 3 rings (SSSR count). The molecule has 8 heteroatoms. The van der Waals surface area contributed by atoms with Crippen LogP contribution in [0.15, 0.2) is 35.4 Å². The van der Waals surface area contributed by atoms with E-state index in [9.17, 15) is 13.2 Å². The second-order valence-electron chi connectivity index (χ2n) is 5.18. The molecule has 1 aromatic heterocycles. The summed E-state index contributed by atoms with van der Waals surface area (Å²) in [5, 5.41) is 3.38. The SMILES string of the molecule is NN=Cc1ccc(Oc2nc(C3CC3)cc(C(F)(F)F)n2)cc1. The van der Waals surface area contributed by atoms with E-state index in [0.717, 1.165) is 24.5 Å². The molecule has 0 bridgehead atoms. The van der Waals surface area contributed by atoms with Crippen LogP contribution < -0.4 is 10.6 Å². The van der Waals surface area contributed by atoms with Gasteiger partial charge in [-0.1, -0.05) is 0 Å². The maximum Gasteiger partial charge on any atom is 0.433 e. The van der Waals surface area contributed by atoms with E-state index in [0.29, 0.717) is 11.4 Å². The molecule has 0 spiro atoms. The van der Waals surface area contributed by atoms with Crippen molar-refractivity contribution in [2.75, 3.05) is 0 Å². The molecule has 1 saturated carbocycles. The maximum absolute atomic E-state index is 12.9. The van der Waals surface area contributed by atoms with Gasteiger partial charge in [-0.15, -0.1) is 0 Å². The Balaban J connectivity index is 1.87. The molecular weight excluding hydrogens is 309 g/mol. The van der Waals surface area contributed by atoms with E-state index in [2.05, 4.69) is 15.1 Å². The first-order valence-corrected chi connectivity index (χ1v) is 6.93. The highest BCUT2D eigenvalue weighted by Gasteiger charge is 2.36. The third-order valence-electron chi connectivity index (χ3n) is 3.32. The van der Waals surface area contributed by atoms with Crippen LogP contribution in [0.4, 0.5) is 13.2 Å². The maximum atomic E-state index is 12.9. The van der Waals surface area contributed by atoms with Crippen LogP contribution >= 0.6 is 0 Å². The van der Waals surface area contributed by atoms with E-state index >= 15 is 0 Å². The molecule has 2 aromatic rings. The Morgan fingerprint density at radius 2 is 1.87 bits per heavy atom. The van der Waals surface area contributed by atoms with E-state index in [1.54, 1.807) is 24.3 Å². The molecule has 0 radical (unpaired) electrons. The molecule has 5 nitrogen and oxygen atoms in total. The van der Waals surface area contributed by atoms with Gasteiger partial charge in [-0.3, -0.25) is 0 Å². The Morgan fingerprint density at radius 1 is 1.17 bits per heavy atom. The van der Waals surface area contributed by atoms with E-state index in [-0.39, 0.29) is 11.9 Å². The molecule has 120 valence electrons. The Labute approximate surface area is 130 Å². The van der Waals surface area contributed by atoms with Crippen molar-refractivity contribution in [2.24, 2.45) is 10.9 Å². The predicted octanol–water partition coefficient (Wildman–Crippen LogP) is 3.46. The standard InChI is InChI=1S/C15H13F3N4O/c16-15(17,18)13-7-12(10-3-4-10)21-14(22-13)23-11-5-1-9(2-6-11)8-20-19/h1-2,5-8,10H,3-4,19H2. The van der Waals surface area contributed by atoms with Crippen LogP contribution in [0.25, 0.3) is 0 Å². The first-order chi connectivity index (χ1) is 11.0. The van der Waals surface area contributed by atoms with Gasteiger partial charge in [0.2, 0.25) is 0 Å².